The second-order valence-electron chi connectivity index (χ2n) is 10.5. The number of carbonyl (C=O) groups excluding carboxylic acids is 2. The molecule has 0 aliphatic rings. The second-order valence-corrected chi connectivity index (χ2v) is 10.5. The van der Waals surface area contributed by atoms with Crippen LogP contribution >= 0.6 is 0 Å². The molecule has 0 unspecified atom stereocenters. The molecule has 44 heavy (non-hydrogen) atoms. The van der Waals surface area contributed by atoms with Crippen molar-refractivity contribution in [3.63, 3.8) is 0 Å². The number of alkyl carbamates (subject to hydrolysis) is 1. The summed E-state index contributed by atoms with van der Waals surface area (Å²) >= 11 is 0. The summed E-state index contributed by atoms with van der Waals surface area (Å²) in [5.74, 6) is -1.23. The van der Waals surface area contributed by atoms with Crippen LogP contribution in [0.15, 0.2) is 54.6 Å². The highest BCUT2D eigenvalue weighted by molar-refractivity contribution is 5.92. The molecule has 14 heteroatoms. The van der Waals surface area contributed by atoms with Crippen LogP contribution in [0.4, 0.5) is 22.2 Å². The number of nitrogens with one attached hydrogen (secondary N) is 3. The summed E-state index contributed by atoms with van der Waals surface area (Å²) in [5.41, 5.74) is 7.03. The van der Waals surface area contributed by atoms with Gasteiger partial charge in [-0.15, -0.1) is 0 Å². The van der Waals surface area contributed by atoms with Gasteiger partial charge in [0.2, 0.25) is 11.9 Å². The molecule has 0 spiro atoms. The van der Waals surface area contributed by atoms with Gasteiger partial charge in [-0.25, -0.2) is 9.59 Å². The van der Waals surface area contributed by atoms with Crippen LogP contribution in [0, 0.1) is 0 Å². The molecule has 232 valence electrons. The number of anilines is 3. The number of nitrogens with two attached hydrogens (primary N) is 1. The Bertz CT molecular complexity index is 1610. The monoisotopic (exact) mass is 604 g/mol. The zero-order chi connectivity index (χ0) is 31.7. The maximum absolute atomic E-state index is 12.6. The minimum Gasteiger partial charge on any atom is -0.480 e. The Labute approximate surface area is 253 Å². The first-order valence-corrected chi connectivity index (χ1v) is 14.2. The number of fused-ring (bicyclic) bond motifs is 1. The molecular weight excluding hydrogens is 568 g/mol. The number of aromatic nitrogens is 4. The number of hydrogen-bond donors (Lipinski definition) is 6. The molecule has 2 aromatic heterocycles. The molecule has 0 aliphatic heterocycles. The third kappa shape index (κ3) is 8.12. The number of rotatable bonds is 14. The third-order valence-electron chi connectivity index (χ3n) is 6.91. The molecule has 2 aromatic carbocycles. The van der Waals surface area contributed by atoms with Crippen molar-refractivity contribution in [1.29, 1.82) is 0 Å². The summed E-state index contributed by atoms with van der Waals surface area (Å²) in [6.45, 7) is 4.28. The number of benzene rings is 2. The van der Waals surface area contributed by atoms with Gasteiger partial charge < -0.3 is 36.6 Å². The van der Waals surface area contributed by atoms with E-state index in [2.05, 4.69) is 37.8 Å². The predicted molar refractivity (Wildman–Crippen MR) is 164 cm³/mol. The lowest BCUT2D eigenvalue weighted by molar-refractivity contribution is -0.144. The Balaban J connectivity index is 1.33. The maximum Gasteiger partial charge on any atom is 0.408 e. The standard InChI is InChI=1S/C30H36N8O6/c1-3-4-16-32-27-35-24(31)23-25(36-27)38(28(42)34-23)17-19-10-12-21(13-11-19)33-22(39)14-15-30(2,26(40)41)37-29(43)44-18-20-8-6-5-7-9-20/h5-13H,3-4,14-18H2,1-2H3,(H,33,39)(H,34,42)(H,37,43)(H,40,41)(H3,31,32,35,36)/t30-/m0/s1. The number of hydrogen-bond acceptors (Lipinski definition) is 10. The van der Waals surface area contributed by atoms with E-state index in [1.165, 1.54) is 11.5 Å². The minimum atomic E-state index is -1.72. The number of amides is 2. The first kappa shape index (κ1) is 31.5. The van der Waals surface area contributed by atoms with E-state index >= 15 is 0 Å². The van der Waals surface area contributed by atoms with Gasteiger partial charge in [-0.3, -0.25) is 9.36 Å². The van der Waals surface area contributed by atoms with Gasteiger partial charge in [0.25, 0.3) is 6.01 Å². The van der Waals surface area contributed by atoms with Crippen LogP contribution < -0.4 is 21.7 Å². The molecule has 4 rings (SSSR count). The third-order valence-corrected chi connectivity index (χ3v) is 6.91. The van der Waals surface area contributed by atoms with E-state index in [1.807, 2.05) is 6.07 Å². The molecular formula is C30H36N8O6. The van der Waals surface area contributed by atoms with E-state index in [0.717, 1.165) is 24.0 Å². The Morgan fingerprint density at radius 3 is 2.43 bits per heavy atom. The van der Waals surface area contributed by atoms with Crippen LogP contribution in [-0.2, 0) is 27.5 Å². The van der Waals surface area contributed by atoms with Gasteiger partial charge in [0.05, 0.1) is 6.54 Å². The van der Waals surface area contributed by atoms with Gasteiger partial charge >= 0.3 is 12.1 Å². The molecule has 2 amide bonds. The first-order chi connectivity index (χ1) is 21.1. The van der Waals surface area contributed by atoms with Crippen LogP contribution in [0.3, 0.4) is 0 Å². The van der Waals surface area contributed by atoms with Crippen LogP contribution in [0.1, 0.15) is 50.7 Å². The smallest absolute Gasteiger partial charge is 0.408 e. The summed E-state index contributed by atoms with van der Waals surface area (Å²) in [5, 5.41) is 28.4. The van der Waals surface area contributed by atoms with Gasteiger partial charge in [0.15, 0.2) is 17.0 Å². The van der Waals surface area contributed by atoms with Gasteiger partial charge in [-0.05, 0) is 43.0 Å². The molecule has 2 heterocycles. The van der Waals surface area contributed by atoms with Gasteiger partial charge in [0.1, 0.15) is 12.1 Å². The molecule has 0 radical (unpaired) electrons. The number of aliphatic carboxylic acids is 1. The number of ether oxygens (including phenoxy) is 1. The summed E-state index contributed by atoms with van der Waals surface area (Å²) in [4.78, 5) is 49.6. The molecule has 7 N–H and O–H groups in total. The number of nitrogen functional groups attached to an aromatic ring is 1. The van der Waals surface area contributed by atoms with Crippen LogP contribution in [0.25, 0.3) is 11.2 Å². The fourth-order valence-electron chi connectivity index (χ4n) is 4.28. The number of carboxylic acids is 1. The summed E-state index contributed by atoms with van der Waals surface area (Å²) in [7, 11) is 0. The van der Waals surface area contributed by atoms with Crippen molar-refractivity contribution in [2.24, 2.45) is 0 Å². The Morgan fingerprint density at radius 1 is 1.02 bits per heavy atom. The number of imidazole rings is 1. The molecule has 0 fully saturated rings. The van der Waals surface area contributed by atoms with Gasteiger partial charge in [-0.2, -0.15) is 15.0 Å². The lowest BCUT2D eigenvalue weighted by Crippen LogP contribution is -2.52. The molecule has 0 saturated carbocycles. The molecule has 0 saturated heterocycles. The fourth-order valence-corrected chi connectivity index (χ4v) is 4.28. The predicted octanol–water partition coefficient (Wildman–Crippen LogP) is 3.86. The van der Waals surface area contributed by atoms with E-state index < -0.39 is 23.5 Å². The molecule has 0 aliphatic carbocycles. The largest absolute Gasteiger partial charge is 0.480 e. The van der Waals surface area contributed by atoms with E-state index in [0.29, 0.717) is 29.3 Å². The highest BCUT2D eigenvalue weighted by Crippen LogP contribution is 2.25. The van der Waals surface area contributed by atoms with E-state index in [1.54, 1.807) is 48.5 Å². The summed E-state index contributed by atoms with van der Waals surface area (Å²) in [6.07, 6.45) is 0.706. The van der Waals surface area contributed by atoms with Crippen LogP contribution in [0.2, 0.25) is 0 Å². The Kier molecular flexibility index (Phi) is 10.2. The number of carboxylic acid groups (broad SMARTS) is 1. The average Bonchev–Trinajstić information content (AvgIpc) is 3.31. The van der Waals surface area contributed by atoms with Crippen molar-refractivity contribution in [2.45, 2.75) is 58.2 Å². The van der Waals surface area contributed by atoms with Crippen molar-refractivity contribution in [3.8, 4) is 6.01 Å². The van der Waals surface area contributed by atoms with Crippen molar-refractivity contribution in [2.75, 3.05) is 22.9 Å². The topological polar surface area (TPSA) is 207 Å². The van der Waals surface area contributed by atoms with Crippen molar-refractivity contribution < 1.29 is 29.3 Å². The maximum atomic E-state index is 12.6. The fraction of sp³-hybridized carbons (Fsp3) is 0.333. The lowest BCUT2D eigenvalue weighted by Gasteiger charge is -2.25. The number of aromatic hydroxyl groups is 1. The first-order valence-electron chi connectivity index (χ1n) is 14.2. The second kappa shape index (κ2) is 14.2. The quantitative estimate of drug-likeness (QED) is 0.114. The number of nitrogens with zero attached hydrogens (tertiary/aromatic N) is 4. The van der Waals surface area contributed by atoms with E-state index in [9.17, 15) is 24.6 Å². The Hall–Kier alpha value is -5.40. The molecule has 1 atom stereocenters. The Morgan fingerprint density at radius 2 is 1.75 bits per heavy atom. The van der Waals surface area contributed by atoms with E-state index in [4.69, 9.17) is 10.5 Å². The zero-order valence-corrected chi connectivity index (χ0v) is 24.5. The zero-order valence-electron chi connectivity index (χ0n) is 24.5. The SMILES string of the molecule is CCCCNc1nc(N)c2nc(O)n(Cc3ccc(NC(=O)CC[C@](C)(NC(=O)OCc4ccccc4)C(=O)O)cc3)c2n1. The van der Waals surface area contributed by atoms with Crippen LogP contribution in [0.5, 0.6) is 6.01 Å². The average molecular weight is 605 g/mol. The number of carbonyl (C=O) groups is 3. The highest BCUT2D eigenvalue weighted by atomic mass is 16.5. The lowest BCUT2D eigenvalue weighted by atomic mass is 9.96. The summed E-state index contributed by atoms with van der Waals surface area (Å²) in [6, 6.07) is 15.6. The molecule has 14 nitrogen and oxygen atoms in total. The van der Waals surface area contributed by atoms with Gasteiger partial charge in [-0.1, -0.05) is 55.8 Å². The van der Waals surface area contributed by atoms with Crippen molar-refractivity contribution in [3.05, 3.63) is 65.7 Å². The normalized spacial score (nSPS) is 12.3. The molecule has 0 bridgehead atoms. The highest BCUT2D eigenvalue weighted by Gasteiger charge is 2.36. The minimum absolute atomic E-state index is 0.0192. The molecule has 4 aromatic rings. The number of unbranched alkanes of at least 4 members (excludes halogenated alkanes) is 1. The van der Waals surface area contributed by atoms with Crippen molar-refractivity contribution in [1.82, 2.24) is 24.8 Å². The van der Waals surface area contributed by atoms with Crippen molar-refractivity contribution >= 4 is 46.6 Å². The summed E-state index contributed by atoms with van der Waals surface area (Å²) < 4.78 is 6.65. The van der Waals surface area contributed by atoms with Gasteiger partial charge in [0, 0.05) is 18.7 Å². The van der Waals surface area contributed by atoms with Crippen LogP contribution in [-0.4, -0.2) is 59.8 Å². The van der Waals surface area contributed by atoms with E-state index in [-0.39, 0.29) is 37.8 Å².